The summed E-state index contributed by atoms with van der Waals surface area (Å²) >= 11 is 0. The van der Waals surface area contributed by atoms with Crippen molar-refractivity contribution in [1.82, 2.24) is 9.97 Å². The molecule has 0 aliphatic carbocycles. The van der Waals surface area contributed by atoms with Crippen LogP contribution in [0.4, 0.5) is 10.3 Å². The zero-order chi connectivity index (χ0) is 14.4. The van der Waals surface area contributed by atoms with Gasteiger partial charge in [0.05, 0.1) is 17.8 Å². The molecule has 0 spiro atoms. The summed E-state index contributed by atoms with van der Waals surface area (Å²) in [6.07, 6.45) is 1.97. The van der Waals surface area contributed by atoms with Crippen molar-refractivity contribution >= 4 is 5.95 Å². The average molecular weight is 272 g/mol. The number of ether oxygens (including phenoxy) is 1. The SMILES string of the molecule is CCCNc1ncc(F)c(Oc2ccc(C#N)cc2)n1. The zero-order valence-electron chi connectivity index (χ0n) is 10.9. The molecule has 0 fully saturated rings. The van der Waals surface area contributed by atoms with E-state index in [9.17, 15) is 4.39 Å². The first kappa shape index (κ1) is 13.7. The molecule has 1 aromatic heterocycles. The second kappa shape index (κ2) is 6.48. The molecule has 102 valence electrons. The van der Waals surface area contributed by atoms with Crippen molar-refractivity contribution in [2.24, 2.45) is 0 Å². The summed E-state index contributed by atoms with van der Waals surface area (Å²) in [7, 11) is 0. The van der Waals surface area contributed by atoms with E-state index in [-0.39, 0.29) is 5.88 Å². The summed E-state index contributed by atoms with van der Waals surface area (Å²) in [5, 5.41) is 11.7. The lowest BCUT2D eigenvalue weighted by molar-refractivity contribution is 0.420. The van der Waals surface area contributed by atoms with Crippen molar-refractivity contribution < 1.29 is 9.13 Å². The van der Waals surface area contributed by atoms with Crippen LogP contribution in [0.1, 0.15) is 18.9 Å². The van der Waals surface area contributed by atoms with Crippen LogP contribution in [0, 0.1) is 17.1 Å². The molecule has 6 heteroatoms. The monoisotopic (exact) mass is 272 g/mol. The second-order valence-corrected chi connectivity index (χ2v) is 4.01. The molecule has 0 aliphatic heterocycles. The molecule has 1 N–H and O–H groups in total. The topological polar surface area (TPSA) is 70.8 Å². The highest BCUT2D eigenvalue weighted by atomic mass is 19.1. The maximum Gasteiger partial charge on any atom is 0.260 e. The molecule has 0 unspecified atom stereocenters. The lowest BCUT2D eigenvalue weighted by atomic mass is 10.2. The Hall–Kier alpha value is -2.68. The standard InChI is InChI=1S/C14H13FN4O/c1-2-7-17-14-18-9-12(15)13(19-14)20-11-5-3-10(8-16)4-6-11/h3-6,9H,2,7H2,1H3,(H,17,18,19). The van der Waals surface area contributed by atoms with Gasteiger partial charge in [-0.25, -0.2) is 4.98 Å². The van der Waals surface area contributed by atoms with Crippen LogP contribution in [0.15, 0.2) is 30.5 Å². The fraction of sp³-hybridized carbons (Fsp3) is 0.214. The summed E-state index contributed by atoms with van der Waals surface area (Å²) in [5.41, 5.74) is 0.505. The Bertz CT molecular complexity index is 622. The van der Waals surface area contributed by atoms with Crippen LogP contribution < -0.4 is 10.1 Å². The number of nitriles is 1. The molecule has 1 aromatic carbocycles. The van der Waals surface area contributed by atoms with Crippen molar-refractivity contribution in [2.45, 2.75) is 13.3 Å². The van der Waals surface area contributed by atoms with Crippen molar-refractivity contribution in [3.8, 4) is 17.7 Å². The Morgan fingerprint density at radius 1 is 1.35 bits per heavy atom. The highest BCUT2D eigenvalue weighted by Crippen LogP contribution is 2.23. The van der Waals surface area contributed by atoms with Crippen LogP contribution in [0.3, 0.4) is 0 Å². The molecule has 0 amide bonds. The van der Waals surface area contributed by atoms with Gasteiger partial charge in [-0.15, -0.1) is 0 Å². The van der Waals surface area contributed by atoms with Crippen molar-refractivity contribution in [2.75, 3.05) is 11.9 Å². The molecule has 2 rings (SSSR count). The Kier molecular flexibility index (Phi) is 4.45. The number of hydrogen-bond acceptors (Lipinski definition) is 5. The quantitative estimate of drug-likeness (QED) is 0.905. The second-order valence-electron chi connectivity index (χ2n) is 4.01. The summed E-state index contributed by atoms with van der Waals surface area (Å²) in [5.74, 6) is -0.0698. The van der Waals surface area contributed by atoms with Gasteiger partial charge in [-0.05, 0) is 30.7 Å². The number of aromatic nitrogens is 2. The van der Waals surface area contributed by atoms with Gasteiger partial charge in [-0.2, -0.15) is 14.6 Å². The minimum Gasteiger partial charge on any atom is -0.436 e. The van der Waals surface area contributed by atoms with Gasteiger partial charge in [0.2, 0.25) is 11.8 Å². The third kappa shape index (κ3) is 3.42. The fourth-order valence-electron chi connectivity index (χ4n) is 1.45. The van der Waals surface area contributed by atoms with Gasteiger partial charge in [0.15, 0.2) is 0 Å². The van der Waals surface area contributed by atoms with Crippen molar-refractivity contribution in [1.29, 1.82) is 5.26 Å². The predicted octanol–water partition coefficient (Wildman–Crippen LogP) is 3.10. The first-order valence-corrected chi connectivity index (χ1v) is 6.17. The third-order valence-electron chi connectivity index (χ3n) is 2.44. The highest BCUT2D eigenvalue weighted by molar-refractivity contribution is 5.37. The number of halogens is 1. The molecular weight excluding hydrogens is 259 g/mol. The molecule has 0 bridgehead atoms. The Balaban J connectivity index is 2.16. The maximum atomic E-state index is 13.6. The summed E-state index contributed by atoms with van der Waals surface area (Å²) < 4.78 is 18.9. The number of nitrogens with one attached hydrogen (secondary N) is 1. The number of rotatable bonds is 5. The molecular formula is C14H13FN4O. The van der Waals surface area contributed by atoms with Crippen LogP contribution in [0.2, 0.25) is 0 Å². The lowest BCUT2D eigenvalue weighted by Crippen LogP contribution is -2.05. The molecule has 0 saturated carbocycles. The van der Waals surface area contributed by atoms with E-state index in [4.69, 9.17) is 10.00 Å². The first-order valence-electron chi connectivity index (χ1n) is 6.17. The molecule has 5 nitrogen and oxygen atoms in total. The summed E-state index contributed by atoms with van der Waals surface area (Å²) in [6.45, 7) is 2.70. The van der Waals surface area contributed by atoms with Crippen LogP contribution in [0.25, 0.3) is 0 Å². The van der Waals surface area contributed by atoms with E-state index in [2.05, 4.69) is 15.3 Å². The van der Waals surface area contributed by atoms with Crippen LogP contribution in [-0.4, -0.2) is 16.5 Å². The van der Waals surface area contributed by atoms with Crippen molar-refractivity contribution in [3.63, 3.8) is 0 Å². The Morgan fingerprint density at radius 3 is 2.75 bits per heavy atom. The minimum atomic E-state index is -0.642. The molecule has 0 saturated heterocycles. The van der Waals surface area contributed by atoms with Gasteiger partial charge in [-0.1, -0.05) is 6.92 Å². The largest absolute Gasteiger partial charge is 0.436 e. The Labute approximate surface area is 116 Å². The number of anilines is 1. The van der Waals surface area contributed by atoms with E-state index >= 15 is 0 Å². The van der Waals surface area contributed by atoms with E-state index < -0.39 is 5.82 Å². The average Bonchev–Trinajstić information content (AvgIpc) is 2.49. The molecule has 0 aliphatic rings. The number of nitrogens with zero attached hydrogens (tertiary/aromatic N) is 3. The van der Waals surface area contributed by atoms with Gasteiger partial charge < -0.3 is 10.1 Å². The zero-order valence-corrected chi connectivity index (χ0v) is 10.9. The van der Waals surface area contributed by atoms with Crippen molar-refractivity contribution in [3.05, 3.63) is 41.8 Å². The molecule has 0 atom stereocenters. The Morgan fingerprint density at radius 2 is 2.10 bits per heavy atom. The molecule has 20 heavy (non-hydrogen) atoms. The third-order valence-corrected chi connectivity index (χ3v) is 2.44. The van der Waals surface area contributed by atoms with E-state index in [0.717, 1.165) is 12.6 Å². The summed E-state index contributed by atoms with van der Waals surface area (Å²) in [6, 6.07) is 8.34. The normalized spacial score (nSPS) is 9.85. The fourth-order valence-corrected chi connectivity index (χ4v) is 1.45. The van der Waals surface area contributed by atoms with E-state index in [1.807, 2.05) is 13.0 Å². The maximum absolute atomic E-state index is 13.6. The molecule has 1 heterocycles. The molecule has 0 radical (unpaired) electrons. The van der Waals surface area contributed by atoms with Gasteiger partial charge in [0, 0.05) is 6.54 Å². The van der Waals surface area contributed by atoms with Gasteiger partial charge in [-0.3, -0.25) is 0 Å². The van der Waals surface area contributed by atoms with Crippen LogP contribution in [-0.2, 0) is 0 Å². The van der Waals surface area contributed by atoms with Crippen LogP contribution in [0.5, 0.6) is 11.6 Å². The van der Waals surface area contributed by atoms with E-state index in [0.29, 0.717) is 23.8 Å². The van der Waals surface area contributed by atoms with Gasteiger partial charge in [0.25, 0.3) is 5.88 Å². The predicted molar refractivity (Wildman–Crippen MR) is 72.0 cm³/mol. The van der Waals surface area contributed by atoms with Gasteiger partial charge in [0.1, 0.15) is 5.75 Å². The summed E-state index contributed by atoms with van der Waals surface area (Å²) in [4.78, 5) is 7.79. The minimum absolute atomic E-state index is 0.150. The molecule has 2 aromatic rings. The van der Waals surface area contributed by atoms with E-state index in [1.165, 1.54) is 0 Å². The first-order chi connectivity index (χ1) is 9.72. The smallest absolute Gasteiger partial charge is 0.260 e. The number of benzene rings is 1. The highest BCUT2D eigenvalue weighted by Gasteiger charge is 2.09. The number of hydrogen-bond donors (Lipinski definition) is 1. The van der Waals surface area contributed by atoms with E-state index in [1.54, 1.807) is 24.3 Å². The van der Waals surface area contributed by atoms with Crippen LogP contribution >= 0.6 is 0 Å². The van der Waals surface area contributed by atoms with Gasteiger partial charge >= 0.3 is 0 Å². The lowest BCUT2D eigenvalue weighted by Gasteiger charge is -2.08.